The second-order valence-electron chi connectivity index (χ2n) is 3.59. The highest BCUT2D eigenvalue weighted by Gasteiger charge is 2.09. The van der Waals surface area contributed by atoms with E-state index >= 15 is 0 Å². The van der Waals surface area contributed by atoms with Gasteiger partial charge in [0.25, 0.3) is 0 Å². The third-order valence-corrected chi connectivity index (χ3v) is 4.65. The van der Waals surface area contributed by atoms with Crippen molar-refractivity contribution in [2.75, 3.05) is 0 Å². The van der Waals surface area contributed by atoms with Crippen LogP contribution in [-0.2, 0) is 0 Å². The Morgan fingerprint density at radius 2 is 2.28 bits per heavy atom. The summed E-state index contributed by atoms with van der Waals surface area (Å²) in [4.78, 5) is 17.6. The normalized spacial score (nSPS) is 10.9. The topological polar surface area (TPSA) is 45.8 Å². The van der Waals surface area contributed by atoms with Gasteiger partial charge in [0, 0.05) is 4.70 Å². The van der Waals surface area contributed by atoms with Crippen LogP contribution in [0.4, 0.5) is 4.39 Å². The first-order chi connectivity index (χ1) is 8.76. The number of benzene rings is 1. The number of rotatable bonds is 3. The number of nitrogens with zero attached hydrogens (tertiary/aromatic N) is 1. The van der Waals surface area contributed by atoms with Crippen molar-refractivity contribution in [2.45, 2.75) is 9.24 Å². The minimum atomic E-state index is -0.245. The number of hydrogen-bond acceptors (Lipinski definition) is 4. The van der Waals surface area contributed by atoms with Gasteiger partial charge in [0.05, 0.1) is 10.5 Å². The molecule has 0 aliphatic rings. The number of aromatic nitrogens is 2. The zero-order valence-electron chi connectivity index (χ0n) is 9.01. The maximum absolute atomic E-state index is 13.1. The molecule has 0 saturated heterocycles. The second kappa shape index (κ2) is 4.55. The van der Waals surface area contributed by atoms with Gasteiger partial charge >= 0.3 is 0 Å². The lowest BCUT2D eigenvalue weighted by Gasteiger charge is -1.92. The van der Waals surface area contributed by atoms with Crippen molar-refractivity contribution in [1.82, 2.24) is 9.97 Å². The number of halogens is 1. The molecule has 0 amide bonds. The number of thiophene rings is 1. The molecule has 90 valence electrons. The molecule has 2 aromatic heterocycles. The van der Waals surface area contributed by atoms with Crippen LogP contribution in [0.25, 0.3) is 10.1 Å². The summed E-state index contributed by atoms with van der Waals surface area (Å²) < 4.78 is 15.1. The molecule has 1 N–H and O–H groups in total. The molecule has 0 radical (unpaired) electrons. The number of imidazole rings is 1. The Balaban J connectivity index is 1.98. The maximum Gasteiger partial charge on any atom is 0.169 e. The van der Waals surface area contributed by atoms with Crippen LogP contribution in [-0.4, -0.2) is 16.3 Å². The van der Waals surface area contributed by atoms with Gasteiger partial charge < -0.3 is 4.98 Å². The molecule has 3 aromatic rings. The molecule has 2 heterocycles. The lowest BCUT2D eigenvalue weighted by molar-refractivity contribution is 0.111. The summed E-state index contributed by atoms with van der Waals surface area (Å²) in [5.74, 6) is -0.245. The van der Waals surface area contributed by atoms with E-state index in [0.29, 0.717) is 10.7 Å². The van der Waals surface area contributed by atoms with Gasteiger partial charge in [-0.15, -0.1) is 11.3 Å². The zero-order chi connectivity index (χ0) is 12.5. The highest BCUT2D eigenvalue weighted by molar-refractivity contribution is 8.01. The van der Waals surface area contributed by atoms with Crippen LogP contribution in [0.3, 0.4) is 0 Å². The molecular weight excluding hydrogens is 271 g/mol. The van der Waals surface area contributed by atoms with Crippen molar-refractivity contribution in [1.29, 1.82) is 0 Å². The molecule has 18 heavy (non-hydrogen) atoms. The Bertz CT molecular complexity index is 720. The molecule has 0 saturated carbocycles. The Kier molecular flexibility index (Phi) is 2.89. The van der Waals surface area contributed by atoms with Gasteiger partial charge in [-0.3, -0.25) is 4.79 Å². The zero-order valence-corrected chi connectivity index (χ0v) is 10.6. The molecule has 0 atom stereocenters. The molecular formula is C12H7FN2OS2. The van der Waals surface area contributed by atoms with Gasteiger partial charge in [0.1, 0.15) is 16.5 Å². The predicted octanol–water partition coefficient (Wildman–Crippen LogP) is 3.73. The molecule has 1 aromatic carbocycles. The maximum atomic E-state index is 13.1. The minimum absolute atomic E-state index is 0.245. The van der Waals surface area contributed by atoms with Crippen molar-refractivity contribution in [3.63, 3.8) is 0 Å². The van der Waals surface area contributed by atoms with Crippen LogP contribution >= 0.6 is 23.1 Å². The van der Waals surface area contributed by atoms with E-state index in [2.05, 4.69) is 9.97 Å². The van der Waals surface area contributed by atoms with Gasteiger partial charge in [-0.2, -0.15) is 0 Å². The fraction of sp³-hybridized carbons (Fsp3) is 0. The Morgan fingerprint density at radius 3 is 3.11 bits per heavy atom. The molecule has 0 bridgehead atoms. The minimum Gasteiger partial charge on any atom is -0.341 e. The summed E-state index contributed by atoms with van der Waals surface area (Å²) in [5, 5.41) is 1.50. The highest BCUT2D eigenvalue weighted by Crippen LogP contribution is 2.37. The van der Waals surface area contributed by atoms with E-state index in [1.807, 2.05) is 6.07 Å². The second-order valence-corrected chi connectivity index (χ2v) is 5.96. The quantitative estimate of drug-likeness (QED) is 0.743. The van der Waals surface area contributed by atoms with Gasteiger partial charge in [0.15, 0.2) is 6.29 Å². The summed E-state index contributed by atoms with van der Waals surface area (Å²) >= 11 is 2.95. The lowest BCUT2D eigenvalue weighted by Crippen LogP contribution is -1.81. The van der Waals surface area contributed by atoms with Gasteiger partial charge in [-0.05, 0) is 29.7 Å². The number of carbonyl (C=O) groups excluding carboxylic acids is 1. The summed E-state index contributed by atoms with van der Waals surface area (Å²) in [6.45, 7) is 0. The fourth-order valence-electron chi connectivity index (χ4n) is 1.59. The summed E-state index contributed by atoms with van der Waals surface area (Å²) in [6.07, 6.45) is 2.22. The van der Waals surface area contributed by atoms with Crippen LogP contribution in [0, 0.1) is 5.82 Å². The number of fused-ring (bicyclic) bond motifs is 1. The number of aldehydes is 1. The molecule has 3 rings (SSSR count). The average Bonchev–Trinajstić information content (AvgIpc) is 2.94. The van der Waals surface area contributed by atoms with Crippen molar-refractivity contribution in [2.24, 2.45) is 0 Å². The van der Waals surface area contributed by atoms with E-state index in [-0.39, 0.29) is 5.82 Å². The first kappa shape index (κ1) is 11.4. The van der Waals surface area contributed by atoms with E-state index in [1.165, 1.54) is 30.2 Å². The smallest absolute Gasteiger partial charge is 0.169 e. The lowest BCUT2D eigenvalue weighted by atomic mass is 10.3. The fourth-order valence-corrected chi connectivity index (χ4v) is 3.74. The van der Waals surface area contributed by atoms with Crippen LogP contribution in [0.2, 0.25) is 0 Å². The van der Waals surface area contributed by atoms with Crippen LogP contribution in [0.15, 0.2) is 39.8 Å². The first-order valence-corrected chi connectivity index (χ1v) is 6.75. The van der Waals surface area contributed by atoms with Crippen molar-refractivity contribution < 1.29 is 9.18 Å². The molecule has 0 aliphatic heterocycles. The van der Waals surface area contributed by atoms with E-state index in [0.717, 1.165) is 20.6 Å². The Hall–Kier alpha value is -1.66. The average molecular weight is 278 g/mol. The summed E-state index contributed by atoms with van der Waals surface area (Å²) in [5.41, 5.74) is 0.462. The van der Waals surface area contributed by atoms with Crippen molar-refractivity contribution >= 4 is 39.5 Å². The number of hydrogen-bond donors (Lipinski definition) is 1. The Labute approximate surface area is 110 Å². The summed E-state index contributed by atoms with van der Waals surface area (Å²) in [7, 11) is 0. The third-order valence-electron chi connectivity index (χ3n) is 2.40. The largest absolute Gasteiger partial charge is 0.341 e. The van der Waals surface area contributed by atoms with Crippen LogP contribution < -0.4 is 0 Å². The number of H-pyrrole nitrogens is 1. The number of nitrogens with one attached hydrogen (secondary N) is 1. The van der Waals surface area contributed by atoms with Gasteiger partial charge in [-0.25, -0.2) is 9.37 Å². The van der Waals surface area contributed by atoms with E-state index in [1.54, 1.807) is 17.4 Å². The number of aromatic amines is 1. The SMILES string of the molecule is O=Cc1[nH]cnc1Sc1cc2cc(F)ccc2s1. The molecule has 6 heteroatoms. The van der Waals surface area contributed by atoms with E-state index < -0.39 is 0 Å². The monoisotopic (exact) mass is 278 g/mol. The van der Waals surface area contributed by atoms with Crippen molar-refractivity contribution in [3.8, 4) is 0 Å². The number of carbonyl (C=O) groups is 1. The highest BCUT2D eigenvalue weighted by atomic mass is 32.2. The van der Waals surface area contributed by atoms with E-state index in [4.69, 9.17) is 0 Å². The van der Waals surface area contributed by atoms with Gasteiger partial charge in [-0.1, -0.05) is 11.8 Å². The molecule has 0 aliphatic carbocycles. The molecule has 0 unspecified atom stereocenters. The molecule has 0 spiro atoms. The van der Waals surface area contributed by atoms with Crippen LogP contribution in [0.1, 0.15) is 10.5 Å². The van der Waals surface area contributed by atoms with Crippen molar-refractivity contribution in [3.05, 3.63) is 42.1 Å². The first-order valence-electron chi connectivity index (χ1n) is 5.12. The Morgan fingerprint density at radius 1 is 1.39 bits per heavy atom. The van der Waals surface area contributed by atoms with Crippen LogP contribution in [0.5, 0.6) is 0 Å². The molecule has 3 nitrogen and oxygen atoms in total. The van der Waals surface area contributed by atoms with E-state index in [9.17, 15) is 9.18 Å². The van der Waals surface area contributed by atoms with Gasteiger partial charge in [0.2, 0.25) is 0 Å². The summed E-state index contributed by atoms with van der Waals surface area (Å²) in [6, 6.07) is 6.60. The standard InChI is InChI=1S/C12H7FN2OS2/c13-8-1-2-10-7(3-8)4-11(17-10)18-12-9(5-16)14-6-15-12/h1-6H,(H,14,15). The molecule has 0 fully saturated rings. The predicted molar refractivity (Wildman–Crippen MR) is 69.9 cm³/mol. The third kappa shape index (κ3) is 2.04.